The van der Waals surface area contributed by atoms with Crippen LogP contribution in [-0.4, -0.2) is 29.4 Å². The van der Waals surface area contributed by atoms with Gasteiger partial charge in [0.15, 0.2) is 0 Å². The number of rotatable bonds is 7. The molecule has 144 valence electrons. The van der Waals surface area contributed by atoms with Gasteiger partial charge in [-0.3, -0.25) is 14.5 Å². The molecule has 0 fully saturated rings. The fourth-order valence-corrected chi connectivity index (χ4v) is 3.01. The van der Waals surface area contributed by atoms with E-state index in [1.165, 1.54) is 4.90 Å². The first-order valence-electron chi connectivity index (χ1n) is 9.23. The third-order valence-electron chi connectivity index (χ3n) is 4.32. The van der Waals surface area contributed by atoms with Crippen LogP contribution in [0.25, 0.3) is 5.57 Å². The van der Waals surface area contributed by atoms with E-state index in [4.69, 9.17) is 4.74 Å². The second-order valence-corrected chi connectivity index (χ2v) is 6.94. The van der Waals surface area contributed by atoms with Gasteiger partial charge in [0, 0.05) is 12.2 Å². The number of hydrogen-bond acceptors (Lipinski definition) is 4. The normalized spacial score (nSPS) is 14.1. The molecule has 0 aromatic heterocycles. The van der Waals surface area contributed by atoms with Gasteiger partial charge in [-0.1, -0.05) is 35.9 Å². The monoisotopic (exact) mass is 376 g/mol. The number of ether oxygens (including phenoxy) is 1. The number of aryl methyl sites for hydroxylation is 1. The summed E-state index contributed by atoms with van der Waals surface area (Å²) in [6.07, 6.45) is 1.62. The van der Waals surface area contributed by atoms with Crippen molar-refractivity contribution in [1.82, 2.24) is 4.90 Å². The molecule has 1 aliphatic rings. The molecule has 0 radical (unpaired) electrons. The zero-order valence-corrected chi connectivity index (χ0v) is 16.4. The van der Waals surface area contributed by atoms with Crippen LogP contribution in [-0.2, 0) is 9.59 Å². The van der Waals surface area contributed by atoms with Crippen molar-refractivity contribution in [2.24, 2.45) is 0 Å². The Labute approximate surface area is 165 Å². The van der Waals surface area contributed by atoms with E-state index in [0.29, 0.717) is 16.8 Å². The van der Waals surface area contributed by atoms with Gasteiger partial charge in [0.1, 0.15) is 11.4 Å². The summed E-state index contributed by atoms with van der Waals surface area (Å²) in [6, 6.07) is 14.9. The van der Waals surface area contributed by atoms with Crippen molar-refractivity contribution >= 4 is 23.1 Å². The van der Waals surface area contributed by atoms with Gasteiger partial charge in [0.2, 0.25) is 0 Å². The van der Waals surface area contributed by atoms with Crippen LogP contribution in [0.15, 0.2) is 66.9 Å². The van der Waals surface area contributed by atoms with Gasteiger partial charge in [-0.25, -0.2) is 0 Å². The number of hydrogen-bond donors (Lipinski definition) is 1. The van der Waals surface area contributed by atoms with Crippen molar-refractivity contribution in [3.63, 3.8) is 0 Å². The highest BCUT2D eigenvalue weighted by molar-refractivity contribution is 6.36. The fraction of sp³-hybridized carbons (Fsp3) is 0.217. The van der Waals surface area contributed by atoms with E-state index in [1.54, 1.807) is 6.08 Å². The number of amides is 2. The lowest BCUT2D eigenvalue weighted by atomic mass is 10.0. The summed E-state index contributed by atoms with van der Waals surface area (Å²) in [7, 11) is 0. The largest absolute Gasteiger partial charge is 0.491 e. The summed E-state index contributed by atoms with van der Waals surface area (Å²) >= 11 is 0. The first-order chi connectivity index (χ1) is 13.4. The lowest BCUT2D eigenvalue weighted by Gasteiger charge is -2.13. The Morgan fingerprint density at radius 3 is 2.25 bits per heavy atom. The SMILES string of the molecule is C=CCN1C(=O)C(Nc2ccc(OC(C)C)cc2)=C(c2ccc(C)cc2)C1=O. The summed E-state index contributed by atoms with van der Waals surface area (Å²) < 4.78 is 5.65. The van der Waals surface area contributed by atoms with E-state index in [9.17, 15) is 9.59 Å². The summed E-state index contributed by atoms with van der Waals surface area (Å²) in [6.45, 7) is 9.71. The van der Waals surface area contributed by atoms with Crippen LogP contribution in [0.4, 0.5) is 5.69 Å². The van der Waals surface area contributed by atoms with E-state index in [0.717, 1.165) is 11.3 Å². The quantitative estimate of drug-likeness (QED) is 0.582. The van der Waals surface area contributed by atoms with Crippen LogP contribution in [0.3, 0.4) is 0 Å². The molecule has 1 aliphatic heterocycles. The van der Waals surface area contributed by atoms with Crippen molar-refractivity contribution in [2.45, 2.75) is 26.9 Å². The zero-order valence-electron chi connectivity index (χ0n) is 16.4. The minimum absolute atomic E-state index is 0.0798. The lowest BCUT2D eigenvalue weighted by molar-refractivity contribution is -0.136. The van der Waals surface area contributed by atoms with Crippen LogP contribution < -0.4 is 10.1 Å². The van der Waals surface area contributed by atoms with Crippen LogP contribution in [0.5, 0.6) is 5.75 Å². The van der Waals surface area contributed by atoms with Crippen molar-refractivity contribution < 1.29 is 14.3 Å². The summed E-state index contributed by atoms with van der Waals surface area (Å²) in [5.74, 6) is 0.0643. The minimum atomic E-state index is -0.358. The van der Waals surface area contributed by atoms with Gasteiger partial charge in [-0.05, 0) is 50.6 Å². The molecule has 0 saturated heterocycles. The predicted molar refractivity (Wildman–Crippen MR) is 111 cm³/mol. The number of nitrogens with zero attached hydrogens (tertiary/aromatic N) is 1. The highest BCUT2D eigenvalue weighted by atomic mass is 16.5. The molecule has 0 atom stereocenters. The standard InChI is InChI=1S/C23H24N2O3/c1-5-14-25-22(26)20(17-8-6-16(4)7-9-17)21(23(25)27)24-18-10-12-19(13-11-18)28-15(2)3/h5-13,15,24H,1,14H2,2-4H3. The fourth-order valence-electron chi connectivity index (χ4n) is 3.01. The van der Waals surface area contributed by atoms with Gasteiger partial charge >= 0.3 is 0 Å². The molecule has 2 aromatic carbocycles. The maximum Gasteiger partial charge on any atom is 0.278 e. The predicted octanol–water partition coefficient (Wildman–Crippen LogP) is 4.16. The number of anilines is 1. The van der Waals surface area contributed by atoms with E-state index in [2.05, 4.69) is 11.9 Å². The molecule has 2 aromatic rings. The Kier molecular flexibility index (Phi) is 5.64. The maximum absolute atomic E-state index is 12.9. The Balaban J connectivity index is 1.97. The zero-order chi connectivity index (χ0) is 20.3. The molecule has 0 unspecified atom stereocenters. The third-order valence-corrected chi connectivity index (χ3v) is 4.32. The van der Waals surface area contributed by atoms with E-state index in [-0.39, 0.29) is 30.2 Å². The van der Waals surface area contributed by atoms with Crippen molar-refractivity contribution in [3.05, 3.63) is 78.0 Å². The Hall–Kier alpha value is -3.34. The highest BCUT2D eigenvalue weighted by Gasteiger charge is 2.38. The number of nitrogens with one attached hydrogen (secondary N) is 1. The maximum atomic E-state index is 12.9. The van der Waals surface area contributed by atoms with Gasteiger partial charge in [-0.2, -0.15) is 0 Å². The van der Waals surface area contributed by atoms with E-state index >= 15 is 0 Å². The molecule has 0 bridgehead atoms. The highest BCUT2D eigenvalue weighted by Crippen LogP contribution is 2.31. The van der Waals surface area contributed by atoms with E-state index in [1.807, 2.05) is 69.3 Å². The summed E-state index contributed by atoms with van der Waals surface area (Å²) in [5.41, 5.74) is 3.14. The molecule has 5 nitrogen and oxygen atoms in total. The lowest BCUT2D eigenvalue weighted by Crippen LogP contribution is -2.32. The van der Waals surface area contributed by atoms with Gasteiger partial charge < -0.3 is 10.1 Å². The Morgan fingerprint density at radius 2 is 1.68 bits per heavy atom. The molecule has 0 aliphatic carbocycles. The van der Waals surface area contributed by atoms with Crippen molar-refractivity contribution in [3.8, 4) is 5.75 Å². The second kappa shape index (κ2) is 8.13. The number of benzene rings is 2. The molecule has 28 heavy (non-hydrogen) atoms. The molecule has 0 saturated carbocycles. The number of carbonyl (C=O) groups excluding carboxylic acids is 2. The molecule has 1 N–H and O–H groups in total. The first kappa shape index (κ1) is 19.4. The van der Waals surface area contributed by atoms with Crippen LogP contribution in [0.1, 0.15) is 25.0 Å². The summed E-state index contributed by atoms with van der Waals surface area (Å²) in [4.78, 5) is 27.0. The topological polar surface area (TPSA) is 58.6 Å². The van der Waals surface area contributed by atoms with Crippen molar-refractivity contribution in [2.75, 3.05) is 11.9 Å². The average Bonchev–Trinajstić information content (AvgIpc) is 2.88. The number of carbonyl (C=O) groups is 2. The van der Waals surface area contributed by atoms with Crippen LogP contribution in [0.2, 0.25) is 0 Å². The molecular formula is C23H24N2O3. The minimum Gasteiger partial charge on any atom is -0.491 e. The Bertz CT molecular complexity index is 925. The number of imide groups is 1. The molecular weight excluding hydrogens is 352 g/mol. The average molecular weight is 376 g/mol. The van der Waals surface area contributed by atoms with Crippen LogP contribution >= 0.6 is 0 Å². The van der Waals surface area contributed by atoms with Gasteiger partial charge in [-0.15, -0.1) is 6.58 Å². The Morgan fingerprint density at radius 1 is 1.04 bits per heavy atom. The first-order valence-corrected chi connectivity index (χ1v) is 9.23. The smallest absolute Gasteiger partial charge is 0.278 e. The summed E-state index contributed by atoms with van der Waals surface area (Å²) in [5, 5.41) is 3.13. The van der Waals surface area contributed by atoms with Crippen molar-refractivity contribution in [1.29, 1.82) is 0 Å². The molecule has 0 spiro atoms. The van der Waals surface area contributed by atoms with E-state index < -0.39 is 0 Å². The van der Waals surface area contributed by atoms with Crippen LogP contribution in [0, 0.1) is 6.92 Å². The molecule has 3 rings (SSSR count). The van der Waals surface area contributed by atoms with Gasteiger partial charge in [0.05, 0.1) is 11.7 Å². The third kappa shape index (κ3) is 3.98. The molecule has 5 heteroatoms. The van der Waals surface area contributed by atoms with Gasteiger partial charge in [0.25, 0.3) is 11.8 Å². The second-order valence-electron chi connectivity index (χ2n) is 6.94. The molecule has 1 heterocycles. The molecule has 2 amide bonds.